The summed E-state index contributed by atoms with van der Waals surface area (Å²) in [6.07, 6.45) is 5.43. The van der Waals surface area contributed by atoms with E-state index in [0.29, 0.717) is 10.9 Å². The van der Waals surface area contributed by atoms with Gasteiger partial charge in [0.2, 0.25) is 11.1 Å². The Morgan fingerprint density at radius 3 is 3.09 bits per heavy atom. The highest BCUT2D eigenvalue weighted by Crippen LogP contribution is 2.19. The summed E-state index contributed by atoms with van der Waals surface area (Å²) in [5.74, 6) is 0.688. The smallest absolute Gasteiger partial charge is 0.253 e. The fraction of sp³-hybridized carbons (Fsp3) is 0.143. The normalized spacial score (nSPS) is 10.8. The van der Waals surface area contributed by atoms with Crippen LogP contribution in [0.5, 0.6) is 0 Å². The first kappa shape index (κ1) is 14.9. The lowest BCUT2D eigenvalue weighted by atomic mass is 10.3. The van der Waals surface area contributed by atoms with Crippen LogP contribution < -0.4 is 5.32 Å². The largest absolute Gasteiger partial charge is 0.325 e. The monoisotopic (exact) mass is 331 g/mol. The summed E-state index contributed by atoms with van der Waals surface area (Å²) in [6, 6.07) is 9.52. The number of carbonyl (C=O) groups is 1. The van der Waals surface area contributed by atoms with Gasteiger partial charge in [-0.1, -0.05) is 17.8 Å². The maximum Gasteiger partial charge on any atom is 0.253 e. The predicted octanol–water partition coefficient (Wildman–Crippen LogP) is 2.58. The Hall–Kier alpha value is -2.06. The summed E-state index contributed by atoms with van der Waals surface area (Å²) in [5, 5.41) is 7.65. The number of rotatable bonds is 5. The van der Waals surface area contributed by atoms with Crippen LogP contribution in [0.1, 0.15) is 0 Å². The van der Waals surface area contributed by atoms with Gasteiger partial charge in [0.1, 0.15) is 0 Å². The van der Waals surface area contributed by atoms with Gasteiger partial charge < -0.3 is 5.32 Å². The molecular weight excluding hydrogens is 318 g/mol. The number of amides is 1. The first-order valence-corrected chi connectivity index (χ1v) is 8.70. The number of benzene rings is 1. The predicted molar refractivity (Wildman–Crippen MR) is 88.4 cm³/mol. The van der Waals surface area contributed by atoms with Gasteiger partial charge in [-0.2, -0.15) is 4.98 Å². The highest BCUT2D eigenvalue weighted by atomic mass is 32.2. The molecule has 0 aliphatic heterocycles. The Kier molecular flexibility index (Phi) is 4.59. The molecule has 0 saturated carbocycles. The lowest BCUT2D eigenvalue weighted by Gasteiger charge is -2.05. The molecule has 2 aromatic heterocycles. The van der Waals surface area contributed by atoms with Crippen LogP contribution in [0.3, 0.4) is 0 Å². The van der Waals surface area contributed by atoms with Gasteiger partial charge in [-0.25, -0.2) is 9.50 Å². The first-order chi connectivity index (χ1) is 10.7. The van der Waals surface area contributed by atoms with Gasteiger partial charge in [0, 0.05) is 23.0 Å². The van der Waals surface area contributed by atoms with Crippen LogP contribution in [0.2, 0.25) is 0 Å². The minimum Gasteiger partial charge on any atom is -0.325 e. The molecule has 1 aromatic carbocycles. The van der Waals surface area contributed by atoms with Crippen molar-refractivity contribution in [3.8, 4) is 0 Å². The van der Waals surface area contributed by atoms with Crippen molar-refractivity contribution in [3.05, 3.63) is 42.7 Å². The van der Waals surface area contributed by atoms with E-state index in [0.717, 1.165) is 10.6 Å². The van der Waals surface area contributed by atoms with Gasteiger partial charge in [-0.15, -0.1) is 16.9 Å². The zero-order chi connectivity index (χ0) is 15.4. The summed E-state index contributed by atoms with van der Waals surface area (Å²) in [7, 11) is 0. The number of aromatic nitrogens is 4. The van der Waals surface area contributed by atoms with E-state index in [1.165, 1.54) is 11.8 Å². The quantitative estimate of drug-likeness (QED) is 0.725. The zero-order valence-corrected chi connectivity index (χ0v) is 13.4. The zero-order valence-electron chi connectivity index (χ0n) is 11.8. The molecule has 0 atom stereocenters. The third-order valence-corrected chi connectivity index (χ3v) is 4.35. The molecule has 0 saturated heterocycles. The molecule has 1 amide bonds. The summed E-state index contributed by atoms with van der Waals surface area (Å²) < 4.78 is 1.59. The first-order valence-electron chi connectivity index (χ1n) is 6.49. The minimum absolute atomic E-state index is 0.0879. The van der Waals surface area contributed by atoms with E-state index < -0.39 is 0 Å². The van der Waals surface area contributed by atoms with E-state index in [2.05, 4.69) is 20.4 Å². The van der Waals surface area contributed by atoms with Crippen molar-refractivity contribution in [3.63, 3.8) is 0 Å². The molecule has 8 heteroatoms. The molecule has 0 radical (unpaired) electrons. The molecule has 3 rings (SSSR count). The third kappa shape index (κ3) is 3.58. The number of thioether (sulfide) groups is 2. The number of carbonyl (C=O) groups excluding carboxylic acids is 1. The van der Waals surface area contributed by atoms with Gasteiger partial charge in [0.25, 0.3) is 5.78 Å². The van der Waals surface area contributed by atoms with E-state index in [4.69, 9.17) is 0 Å². The van der Waals surface area contributed by atoms with Crippen molar-refractivity contribution >= 4 is 40.9 Å². The van der Waals surface area contributed by atoms with Gasteiger partial charge >= 0.3 is 0 Å². The molecule has 0 spiro atoms. The van der Waals surface area contributed by atoms with Crippen molar-refractivity contribution < 1.29 is 4.79 Å². The highest BCUT2D eigenvalue weighted by Gasteiger charge is 2.08. The van der Waals surface area contributed by atoms with Crippen LogP contribution in [0.4, 0.5) is 5.69 Å². The van der Waals surface area contributed by atoms with Crippen LogP contribution in [0, 0.1) is 0 Å². The molecular formula is C14H13N5OS2. The molecule has 0 bridgehead atoms. The van der Waals surface area contributed by atoms with Crippen LogP contribution >= 0.6 is 23.5 Å². The fourth-order valence-corrected chi connectivity index (χ4v) is 2.89. The maximum absolute atomic E-state index is 12.0. The molecule has 0 unspecified atom stereocenters. The van der Waals surface area contributed by atoms with E-state index in [9.17, 15) is 4.79 Å². The van der Waals surface area contributed by atoms with Crippen LogP contribution in [0.25, 0.3) is 5.78 Å². The molecule has 0 aliphatic rings. The SMILES string of the molecule is CSc1cccc(NC(=O)CSc2nc3ncccn3n2)c1. The Labute approximate surface area is 135 Å². The lowest BCUT2D eigenvalue weighted by Crippen LogP contribution is -2.14. The van der Waals surface area contributed by atoms with E-state index in [-0.39, 0.29) is 11.7 Å². The summed E-state index contributed by atoms with van der Waals surface area (Å²) in [5.41, 5.74) is 0.794. The number of hydrogen-bond acceptors (Lipinski definition) is 6. The van der Waals surface area contributed by atoms with Crippen molar-refractivity contribution in [1.29, 1.82) is 0 Å². The number of fused-ring (bicyclic) bond motifs is 1. The third-order valence-electron chi connectivity index (χ3n) is 2.78. The molecule has 1 N–H and O–H groups in total. The average molecular weight is 331 g/mol. The van der Waals surface area contributed by atoms with Gasteiger partial charge in [-0.3, -0.25) is 4.79 Å². The highest BCUT2D eigenvalue weighted by molar-refractivity contribution is 7.99. The fourth-order valence-electron chi connectivity index (χ4n) is 1.80. The van der Waals surface area contributed by atoms with Crippen molar-refractivity contribution in [2.45, 2.75) is 10.1 Å². The second-order valence-electron chi connectivity index (χ2n) is 4.33. The Morgan fingerprint density at radius 1 is 1.36 bits per heavy atom. The molecule has 22 heavy (non-hydrogen) atoms. The Morgan fingerprint density at radius 2 is 2.27 bits per heavy atom. The van der Waals surface area contributed by atoms with Crippen LogP contribution in [-0.4, -0.2) is 37.5 Å². The number of hydrogen-bond donors (Lipinski definition) is 1. The molecule has 3 aromatic rings. The molecule has 6 nitrogen and oxygen atoms in total. The minimum atomic E-state index is -0.0879. The summed E-state index contributed by atoms with van der Waals surface area (Å²) >= 11 is 2.92. The summed E-state index contributed by atoms with van der Waals surface area (Å²) in [6.45, 7) is 0. The second kappa shape index (κ2) is 6.80. The molecule has 0 fully saturated rings. The number of anilines is 1. The molecule has 0 aliphatic carbocycles. The average Bonchev–Trinajstić information content (AvgIpc) is 2.96. The van der Waals surface area contributed by atoms with Crippen molar-refractivity contribution in [2.24, 2.45) is 0 Å². The number of nitrogens with one attached hydrogen (secondary N) is 1. The Balaban J connectivity index is 1.59. The van der Waals surface area contributed by atoms with E-state index >= 15 is 0 Å². The topological polar surface area (TPSA) is 72.2 Å². The van der Waals surface area contributed by atoms with E-state index in [1.807, 2.05) is 30.5 Å². The second-order valence-corrected chi connectivity index (χ2v) is 6.15. The lowest BCUT2D eigenvalue weighted by molar-refractivity contribution is -0.113. The van der Waals surface area contributed by atoms with Crippen molar-refractivity contribution in [1.82, 2.24) is 19.6 Å². The van der Waals surface area contributed by atoms with Gasteiger partial charge in [-0.05, 0) is 30.5 Å². The van der Waals surface area contributed by atoms with Crippen LogP contribution in [0.15, 0.2) is 52.8 Å². The molecule has 112 valence electrons. The van der Waals surface area contributed by atoms with Gasteiger partial charge in [0.15, 0.2) is 0 Å². The van der Waals surface area contributed by atoms with Gasteiger partial charge in [0.05, 0.1) is 5.75 Å². The Bertz CT molecular complexity index is 772. The van der Waals surface area contributed by atoms with Crippen LogP contribution in [-0.2, 0) is 4.79 Å². The maximum atomic E-state index is 12.0. The standard InChI is InChI=1S/C14H13N5OS2/c1-21-11-5-2-4-10(8-11)16-12(20)9-22-14-17-13-15-6-3-7-19(13)18-14/h2-8H,9H2,1H3,(H,16,20). The van der Waals surface area contributed by atoms with E-state index in [1.54, 1.807) is 34.7 Å². The summed E-state index contributed by atoms with van der Waals surface area (Å²) in [4.78, 5) is 21.4. The molecule has 2 heterocycles. The number of nitrogens with zero attached hydrogens (tertiary/aromatic N) is 4. The van der Waals surface area contributed by atoms with Crippen molar-refractivity contribution in [2.75, 3.05) is 17.3 Å².